The van der Waals surface area contributed by atoms with Gasteiger partial charge in [-0.2, -0.15) is 5.10 Å². The van der Waals surface area contributed by atoms with Gasteiger partial charge in [0.1, 0.15) is 0 Å². The summed E-state index contributed by atoms with van der Waals surface area (Å²) in [4.78, 5) is 13.9. The first kappa shape index (κ1) is 17.2. The second-order valence-corrected chi connectivity index (χ2v) is 4.39. The number of carbonyl (C=O) groups excluding carboxylic acids is 1. The van der Waals surface area contributed by atoms with Crippen LogP contribution in [0.1, 0.15) is 12.5 Å². The van der Waals surface area contributed by atoms with Crippen LogP contribution in [-0.2, 0) is 18.3 Å². The number of rotatable bonds is 2. The third kappa shape index (κ3) is 4.48. The van der Waals surface area contributed by atoms with E-state index < -0.39 is 0 Å². The van der Waals surface area contributed by atoms with Gasteiger partial charge in [0.25, 0.3) is 0 Å². The molecule has 0 spiro atoms. The standard InChI is InChI=1S/C11H18N4O.2ClH/c1-9-7-15(4-3-12-9)11(16)5-10-6-13-14(2)8-10;;/h6,8-9,12H,3-5,7H2,1-2H3;2*1H/t9-;;/m1../s1. The molecule has 104 valence electrons. The molecule has 0 unspecified atom stereocenters. The number of hydrogen-bond donors (Lipinski definition) is 1. The molecule has 1 aromatic heterocycles. The maximum atomic E-state index is 12.0. The van der Waals surface area contributed by atoms with E-state index in [2.05, 4.69) is 17.3 Å². The number of carbonyl (C=O) groups is 1. The molecule has 1 fully saturated rings. The first-order valence-electron chi connectivity index (χ1n) is 5.64. The van der Waals surface area contributed by atoms with Gasteiger partial charge in [0.05, 0.1) is 12.6 Å². The van der Waals surface area contributed by atoms with Gasteiger partial charge in [-0.15, -0.1) is 24.8 Å². The predicted molar refractivity (Wildman–Crippen MR) is 75.5 cm³/mol. The van der Waals surface area contributed by atoms with Crippen molar-refractivity contribution in [2.75, 3.05) is 19.6 Å². The van der Waals surface area contributed by atoms with Crippen molar-refractivity contribution in [3.63, 3.8) is 0 Å². The van der Waals surface area contributed by atoms with Crippen molar-refractivity contribution in [1.82, 2.24) is 20.0 Å². The monoisotopic (exact) mass is 294 g/mol. The Kier molecular flexibility index (Phi) is 7.28. The number of piperazine rings is 1. The minimum absolute atomic E-state index is 0. The Morgan fingerprint density at radius 3 is 2.83 bits per heavy atom. The average Bonchev–Trinajstić information content (AvgIpc) is 2.64. The summed E-state index contributed by atoms with van der Waals surface area (Å²) in [6.45, 7) is 4.60. The van der Waals surface area contributed by atoms with Gasteiger partial charge in [-0.1, -0.05) is 0 Å². The molecular formula is C11H20Cl2N4O. The highest BCUT2D eigenvalue weighted by Crippen LogP contribution is 2.04. The van der Waals surface area contributed by atoms with Crippen molar-refractivity contribution in [2.45, 2.75) is 19.4 Å². The summed E-state index contributed by atoms with van der Waals surface area (Å²) in [5, 5.41) is 7.39. The topological polar surface area (TPSA) is 50.2 Å². The lowest BCUT2D eigenvalue weighted by Crippen LogP contribution is -2.51. The molecule has 0 bridgehead atoms. The van der Waals surface area contributed by atoms with Gasteiger partial charge in [0.15, 0.2) is 0 Å². The van der Waals surface area contributed by atoms with Gasteiger partial charge in [0, 0.05) is 38.9 Å². The van der Waals surface area contributed by atoms with Gasteiger partial charge < -0.3 is 10.2 Å². The Morgan fingerprint density at radius 1 is 1.56 bits per heavy atom. The number of nitrogens with one attached hydrogen (secondary N) is 1. The molecule has 1 saturated heterocycles. The molecule has 0 radical (unpaired) electrons. The van der Waals surface area contributed by atoms with Gasteiger partial charge in [0.2, 0.25) is 5.91 Å². The van der Waals surface area contributed by atoms with Gasteiger partial charge >= 0.3 is 0 Å². The lowest BCUT2D eigenvalue weighted by molar-refractivity contribution is -0.131. The van der Waals surface area contributed by atoms with Crippen molar-refractivity contribution in [3.05, 3.63) is 18.0 Å². The summed E-state index contributed by atoms with van der Waals surface area (Å²) in [6.07, 6.45) is 4.10. The quantitative estimate of drug-likeness (QED) is 0.870. The first-order valence-corrected chi connectivity index (χ1v) is 5.64. The van der Waals surface area contributed by atoms with E-state index in [9.17, 15) is 4.79 Å². The maximum Gasteiger partial charge on any atom is 0.227 e. The number of nitrogens with zero attached hydrogens (tertiary/aromatic N) is 3. The molecule has 0 saturated carbocycles. The molecule has 18 heavy (non-hydrogen) atoms. The molecule has 1 N–H and O–H groups in total. The summed E-state index contributed by atoms with van der Waals surface area (Å²) in [5.74, 6) is 0.196. The van der Waals surface area contributed by atoms with Crippen LogP contribution in [0.5, 0.6) is 0 Å². The summed E-state index contributed by atoms with van der Waals surface area (Å²) in [5.41, 5.74) is 0.985. The lowest BCUT2D eigenvalue weighted by atomic mass is 10.2. The molecular weight excluding hydrogens is 275 g/mol. The van der Waals surface area contributed by atoms with Crippen molar-refractivity contribution in [3.8, 4) is 0 Å². The second kappa shape index (κ2) is 7.61. The smallest absolute Gasteiger partial charge is 0.227 e. The zero-order chi connectivity index (χ0) is 11.5. The van der Waals surface area contributed by atoms with E-state index in [1.165, 1.54) is 0 Å². The van der Waals surface area contributed by atoms with E-state index in [-0.39, 0.29) is 30.7 Å². The van der Waals surface area contributed by atoms with Crippen LogP contribution in [0, 0.1) is 0 Å². The van der Waals surface area contributed by atoms with Crippen molar-refractivity contribution in [2.24, 2.45) is 7.05 Å². The summed E-state index contributed by atoms with van der Waals surface area (Å²) < 4.78 is 1.73. The van der Waals surface area contributed by atoms with Crippen LogP contribution in [0.3, 0.4) is 0 Å². The molecule has 2 heterocycles. The number of amides is 1. The van der Waals surface area contributed by atoms with Crippen LogP contribution < -0.4 is 5.32 Å². The SMILES string of the molecule is C[C@@H]1CN(C(=O)Cc2cnn(C)c2)CCN1.Cl.Cl. The molecule has 1 atom stereocenters. The van der Waals surface area contributed by atoms with Crippen molar-refractivity contribution in [1.29, 1.82) is 0 Å². The molecule has 5 nitrogen and oxygen atoms in total. The first-order chi connectivity index (χ1) is 7.65. The van der Waals surface area contributed by atoms with Crippen molar-refractivity contribution < 1.29 is 4.79 Å². The number of aryl methyl sites for hydroxylation is 1. The summed E-state index contributed by atoms with van der Waals surface area (Å²) >= 11 is 0. The highest BCUT2D eigenvalue weighted by Gasteiger charge is 2.20. The van der Waals surface area contributed by atoms with E-state index >= 15 is 0 Å². The van der Waals surface area contributed by atoms with E-state index in [1.807, 2.05) is 18.1 Å². The molecule has 1 aliphatic heterocycles. The minimum Gasteiger partial charge on any atom is -0.340 e. The molecule has 1 aromatic rings. The van der Waals surface area contributed by atoms with Crippen molar-refractivity contribution >= 4 is 30.7 Å². The third-order valence-corrected chi connectivity index (χ3v) is 2.84. The Labute approximate surface area is 120 Å². The van der Waals surface area contributed by atoms with Crippen LogP contribution in [0.2, 0.25) is 0 Å². The largest absolute Gasteiger partial charge is 0.340 e. The number of aromatic nitrogens is 2. The number of hydrogen-bond acceptors (Lipinski definition) is 3. The lowest BCUT2D eigenvalue weighted by Gasteiger charge is -2.31. The maximum absolute atomic E-state index is 12.0. The minimum atomic E-state index is 0. The fraction of sp³-hybridized carbons (Fsp3) is 0.636. The van der Waals surface area contributed by atoms with Gasteiger partial charge in [-0.05, 0) is 12.5 Å². The fourth-order valence-corrected chi connectivity index (χ4v) is 2.01. The predicted octanol–water partition coefficient (Wildman–Crippen LogP) is 0.626. The fourth-order valence-electron chi connectivity index (χ4n) is 2.01. The summed E-state index contributed by atoms with van der Waals surface area (Å²) in [6, 6.07) is 0.395. The van der Waals surface area contributed by atoms with Gasteiger partial charge in [-0.25, -0.2) is 0 Å². The summed E-state index contributed by atoms with van der Waals surface area (Å²) in [7, 11) is 1.86. The number of halogens is 2. The van der Waals surface area contributed by atoms with Crippen LogP contribution in [-0.4, -0.2) is 46.3 Å². The molecule has 0 aromatic carbocycles. The molecule has 1 aliphatic rings. The van der Waals surface area contributed by atoms with E-state index in [4.69, 9.17) is 0 Å². The second-order valence-electron chi connectivity index (χ2n) is 4.39. The Bertz CT molecular complexity index is 383. The van der Waals surface area contributed by atoms with Crippen LogP contribution in [0.25, 0.3) is 0 Å². The highest BCUT2D eigenvalue weighted by atomic mass is 35.5. The third-order valence-electron chi connectivity index (χ3n) is 2.84. The molecule has 2 rings (SSSR count). The zero-order valence-electron chi connectivity index (χ0n) is 10.6. The Balaban J connectivity index is 0.00000144. The van der Waals surface area contributed by atoms with E-state index in [0.29, 0.717) is 12.5 Å². The van der Waals surface area contributed by atoms with Crippen LogP contribution in [0.15, 0.2) is 12.4 Å². The molecule has 1 amide bonds. The van der Waals surface area contributed by atoms with Gasteiger partial charge in [-0.3, -0.25) is 9.48 Å². The Morgan fingerprint density at radius 2 is 2.28 bits per heavy atom. The normalized spacial score (nSPS) is 18.8. The highest BCUT2D eigenvalue weighted by molar-refractivity contribution is 5.85. The van der Waals surface area contributed by atoms with E-state index in [1.54, 1.807) is 10.9 Å². The van der Waals surface area contributed by atoms with Crippen LogP contribution >= 0.6 is 24.8 Å². The van der Waals surface area contributed by atoms with E-state index in [0.717, 1.165) is 25.2 Å². The molecule has 7 heteroatoms. The zero-order valence-corrected chi connectivity index (χ0v) is 12.3. The molecule has 0 aliphatic carbocycles. The average molecular weight is 295 g/mol. The Hall–Kier alpha value is -0.780. The van der Waals surface area contributed by atoms with Crippen LogP contribution in [0.4, 0.5) is 0 Å².